The summed E-state index contributed by atoms with van der Waals surface area (Å²) in [4.78, 5) is 8.81. The highest BCUT2D eigenvalue weighted by Crippen LogP contribution is 2.28. The molecule has 3 aromatic rings. The predicted molar refractivity (Wildman–Crippen MR) is 77.4 cm³/mol. The summed E-state index contributed by atoms with van der Waals surface area (Å²) in [5.41, 5.74) is 1.74. The highest BCUT2D eigenvalue weighted by Gasteiger charge is 2.08. The number of benzene rings is 1. The van der Waals surface area contributed by atoms with Gasteiger partial charge in [-0.2, -0.15) is 0 Å². The SMILES string of the molecule is Clc1cc(Cl)cc(-c2c[nH]c(-c3cccs3)n2)c1. The van der Waals surface area contributed by atoms with Crippen LogP contribution in [0.25, 0.3) is 22.0 Å². The maximum Gasteiger partial charge on any atom is 0.148 e. The van der Waals surface area contributed by atoms with Crippen LogP contribution >= 0.6 is 34.5 Å². The Kier molecular flexibility index (Phi) is 3.12. The zero-order chi connectivity index (χ0) is 12.5. The van der Waals surface area contributed by atoms with Gasteiger partial charge in [-0.15, -0.1) is 11.3 Å². The van der Waals surface area contributed by atoms with Crippen LogP contribution in [0.2, 0.25) is 10.0 Å². The van der Waals surface area contributed by atoms with Crippen molar-refractivity contribution < 1.29 is 0 Å². The molecule has 2 nitrogen and oxygen atoms in total. The molecule has 2 aromatic heterocycles. The van der Waals surface area contributed by atoms with Crippen LogP contribution in [-0.4, -0.2) is 9.97 Å². The van der Waals surface area contributed by atoms with Crippen molar-refractivity contribution >= 4 is 34.5 Å². The number of aromatic nitrogens is 2. The van der Waals surface area contributed by atoms with Gasteiger partial charge in [-0.1, -0.05) is 29.3 Å². The van der Waals surface area contributed by atoms with Gasteiger partial charge in [0.05, 0.1) is 10.6 Å². The van der Waals surface area contributed by atoms with E-state index in [2.05, 4.69) is 9.97 Å². The third-order valence-electron chi connectivity index (χ3n) is 2.49. The number of rotatable bonds is 2. The van der Waals surface area contributed by atoms with Gasteiger partial charge in [-0.3, -0.25) is 0 Å². The summed E-state index contributed by atoms with van der Waals surface area (Å²) in [6.07, 6.45) is 1.86. The van der Waals surface area contributed by atoms with Gasteiger partial charge in [0.25, 0.3) is 0 Å². The first kappa shape index (κ1) is 11.8. The molecule has 0 radical (unpaired) electrons. The summed E-state index contributed by atoms with van der Waals surface area (Å²) >= 11 is 13.6. The normalized spacial score (nSPS) is 10.8. The van der Waals surface area contributed by atoms with Gasteiger partial charge in [-0.05, 0) is 29.6 Å². The number of hydrogen-bond acceptors (Lipinski definition) is 2. The van der Waals surface area contributed by atoms with Crippen molar-refractivity contribution in [3.63, 3.8) is 0 Å². The Hall–Kier alpha value is -1.29. The molecule has 0 aliphatic heterocycles. The fourth-order valence-corrected chi connectivity index (χ4v) is 2.91. The van der Waals surface area contributed by atoms with E-state index in [1.165, 1.54) is 0 Å². The number of thiophene rings is 1. The second-order valence-electron chi connectivity index (χ2n) is 3.77. The predicted octanol–water partition coefficient (Wildman–Crippen LogP) is 5.11. The summed E-state index contributed by atoms with van der Waals surface area (Å²) < 4.78 is 0. The second kappa shape index (κ2) is 4.76. The summed E-state index contributed by atoms with van der Waals surface area (Å²) in [5, 5.41) is 3.24. The molecule has 0 spiro atoms. The summed E-state index contributed by atoms with van der Waals surface area (Å²) in [5.74, 6) is 0.857. The van der Waals surface area contributed by atoms with Crippen LogP contribution in [0.3, 0.4) is 0 Å². The summed E-state index contributed by atoms with van der Waals surface area (Å²) in [7, 11) is 0. The molecular weight excluding hydrogens is 287 g/mol. The zero-order valence-electron chi connectivity index (χ0n) is 9.15. The minimum absolute atomic E-state index is 0.609. The maximum atomic E-state index is 5.99. The van der Waals surface area contributed by atoms with Gasteiger partial charge >= 0.3 is 0 Å². The lowest BCUT2D eigenvalue weighted by Gasteiger charge is -1.98. The second-order valence-corrected chi connectivity index (χ2v) is 5.59. The van der Waals surface area contributed by atoms with E-state index in [0.717, 1.165) is 22.0 Å². The highest BCUT2D eigenvalue weighted by molar-refractivity contribution is 7.13. The van der Waals surface area contributed by atoms with E-state index in [4.69, 9.17) is 23.2 Å². The molecule has 1 aromatic carbocycles. The zero-order valence-corrected chi connectivity index (χ0v) is 11.5. The Balaban J connectivity index is 2.03. The molecule has 0 amide bonds. The van der Waals surface area contributed by atoms with E-state index in [0.29, 0.717) is 10.0 Å². The van der Waals surface area contributed by atoms with Crippen LogP contribution in [0.4, 0.5) is 0 Å². The van der Waals surface area contributed by atoms with E-state index in [1.807, 2.05) is 35.8 Å². The van der Waals surface area contributed by atoms with E-state index >= 15 is 0 Å². The highest BCUT2D eigenvalue weighted by atomic mass is 35.5. The summed E-state index contributed by atoms with van der Waals surface area (Å²) in [6.45, 7) is 0. The minimum atomic E-state index is 0.609. The van der Waals surface area contributed by atoms with Crippen LogP contribution in [-0.2, 0) is 0 Å². The van der Waals surface area contributed by atoms with Crippen LogP contribution < -0.4 is 0 Å². The average molecular weight is 295 g/mol. The van der Waals surface area contributed by atoms with Crippen molar-refractivity contribution in [1.82, 2.24) is 9.97 Å². The Morgan fingerprint density at radius 2 is 1.89 bits per heavy atom. The molecule has 90 valence electrons. The molecule has 0 unspecified atom stereocenters. The molecule has 1 N–H and O–H groups in total. The van der Waals surface area contributed by atoms with Crippen molar-refractivity contribution in [3.8, 4) is 22.0 Å². The number of nitrogens with zero attached hydrogens (tertiary/aromatic N) is 1. The van der Waals surface area contributed by atoms with Gasteiger partial charge in [-0.25, -0.2) is 4.98 Å². The van der Waals surface area contributed by atoms with Crippen molar-refractivity contribution in [2.45, 2.75) is 0 Å². The molecular formula is C13H8Cl2N2S. The average Bonchev–Trinajstić information content (AvgIpc) is 2.99. The molecule has 0 saturated carbocycles. The van der Waals surface area contributed by atoms with E-state index in [-0.39, 0.29) is 0 Å². The molecule has 5 heteroatoms. The number of nitrogens with one attached hydrogen (secondary N) is 1. The quantitative estimate of drug-likeness (QED) is 0.699. The van der Waals surface area contributed by atoms with Crippen LogP contribution in [0.15, 0.2) is 41.9 Å². The Bertz CT molecular complexity index is 654. The van der Waals surface area contributed by atoms with Crippen LogP contribution in [0.1, 0.15) is 0 Å². The first-order chi connectivity index (χ1) is 8.72. The lowest BCUT2D eigenvalue weighted by molar-refractivity contribution is 1.33. The van der Waals surface area contributed by atoms with Crippen LogP contribution in [0, 0.1) is 0 Å². The smallest absolute Gasteiger partial charge is 0.148 e. The fraction of sp³-hybridized carbons (Fsp3) is 0. The van der Waals surface area contributed by atoms with Gasteiger partial charge in [0.2, 0.25) is 0 Å². The molecule has 2 heterocycles. The van der Waals surface area contributed by atoms with Crippen molar-refractivity contribution in [1.29, 1.82) is 0 Å². The maximum absolute atomic E-state index is 5.99. The Morgan fingerprint density at radius 3 is 2.56 bits per heavy atom. The molecule has 0 aliphatic rings. The molecule has 0 fully saturated rings. The van der Waals surface area contributed by atoms with Crippen molar-refractivity contribution in [2.24, 2.45) is 0 Å². The third kappa shape index (κ3) is 2.29. The van der Waals surface area contributed by atoms with E-state index < -0.39 is 0 Å². The first-order valence-electron chi connectivity index (χ1n) is 5.28. The molecule has 18 heavy (non-hydrogen) atoms. The van der Waals surface area contributed by atoms with Gasteiger partial charge in [0.15, 0.2) is 0 Å². The molecule has 0 bridgehead atoms. The van der Waals surface area contributed by atoms with Gasteiger partial charge < -0.3 is 4.98 Å². The molecule has 0 saturated heterocycles. The number of aromatic amines is 1. The largest absolute Gasteiger partial charge is 0.343 e. The standard InChI is InChI=1S/C13H8Cl2N2S/c14-9-4-8(5-10(15)6-9)11-7-16-13(17-11)12-2-1-3-18-12/h1-7H,(H,16,17). The van der Waals surface area contributed by atoms with E-state index in [9.17, 15) is 0 Å². The van der Waals surface area contributed by atoms with Gasteiger partial charge in [0.1, 0.15) is 5.82 Å². The lowest BCUT2D eigenvalue weighted by Crippen LogP contribution is -1.79. The fourth-order valence-electron chi connectivity index (χ4n) is 1.71. The van der Waals surface area contributed by atoms with E-state index in [1.54, 1.807) is 17.4 Å². The topological polar surface area (TPSA) is 28.7 Å². The third-order valence-corrected chi connectivity index (χ3v) is 3.80. The Morgan fingerprint density at radius 1 is 1.11 bits per heavy atom. The molecule has 0 atom stereocenters. The van der Waals surface area contributed by atoms with Crippen molar-refractivity contribution in [3.05, 3.63) is 52.0 Å². The number of imidazole rings is 1. The number of H-pyrrole nitrogens is 1. The van der Waals surface area contributed by atoms with Crippen LogP contribution in [0.5, 0.6) is 0 Å². The lowest BCUT2D eigenvalue weighted by atomic mass is 10.2. The van der Waals surface area contributed by atoms with Crippen molar-refractivity contribution in [2.75, 3.05) is 0 Å². The summed E-state index contributed by atoms with van der Waals surface area (Å²) in [6, 6.07) is 9.43. The molecule has 0 aliphatic carbocycles. The number of hydrogen-bond donors (Lipinski definition) is 1. The first-order valence-corrected chi connectivity index (χ1v) is 6.92. The Labute approximate surface area is 118 Å². The minimum Gasteiger partial charge on any atom is -0.343 e. The monoisotopic (exact) mass is 294 g/mol. The number of halogens is 2. The molecule has 3 rings (SSSR count). The van der Waals surface area contributed by atoms with Gasteiger partial charge in [0, 0.05) is 21.8 Å².